The maximum atomic E-state index is 10.2. The Morgan fingerprint density at radius 3 is 2.56 bits per heavy atom. The summed E-state index contributed by atoms with van der Waals surface area (Å²) >= 11 is 6.18. The number of nitrogens with one attached hydrogen (secondary N) is 1. The lowest BCUT2D eigenvalue weighted by Crippen LogP contribution is -2.47. The summed E-state index contributed by atoms with van der Waals surface area (Å²) in [6, 6.07) is 7.77. The number of aliphatic hydroxyl groups excluding tert-OH is 1. The van der Waals surface area contributed by atoms with Crippen LogP contribution in [0.3, 0.4) is 0 Å². The largest absolute Gasteiger partial charge is 0.393 e. The van der Waals surface area contributed by atoms with Gasteiger partial charge < -0.3 is 10.4 Å². The van der Waals surface area contributed by atoms with Crippen LogP contribution in [0, 0.1) is 5.92 Å². The van der Waals surface area contributed by atoms with Crippen molar-refractivity contribution < 1.29 is 5.11 Å². The number of benzene rings is 1. The number of para-hydroxylation sites is 1. The quantitative estimate of drug-likeness (QED) is 0.865. The van der Waals surface area contributed by atoms with E-state index < -0.39 is 0 Å². The van der Waals surface area contributed by atoms with Gasteiger partial charge in [-0.3, -0.25) is 0 Å². The van der Waals surface area contributed by atoms with Crippen molar-refractivity contribution in [1.29, 1.82) is 0 Å². The molecule has 2 atom stereocenters. The Morgan fingerprint density at radius 2 is 1.89 bits per heavy atom. The lowest BCUT2D eigenvalue weighted by molar-refractivity contribution is 0.0407. The number of rotatable bonds is 3. The van der Waals surface area contributed by atoms with Gasteiger partial charge in [-0.15, -0.1) is 0 Å². The molecule has 1 aromatic rings. The molecule has 2 N–H and O–H groups in total. The second-order valence-electron chi connectivity index (χ2n) is 5.78. The third-order valence-corrected chi connectivity index (χ3v) is 4.32. The Morgan fingerprint density at radius 1 is 1.22 bits per heavy atom. The number of anilines is 1. The van der Waals surface area contributed by atoms with E-state index in [1.165, 1.54) is 6.42 Å². The van der Waals surface area contributed by atoms with Crippen molar-refractivity contribution in [2.24, 2.45) is 5.92 Å². The van der Waals surface area contributed by atoms with E-state index in [1.807, 2.05) is 24.3 Å². The van der Waals surface area contributed by atoms with Gasteiger partial charge in [0.1, 0.15) is 0 Å². The van der Waals surface area contributed by atoms with Crippen molar-refractivity contribution in [2.75, 3.05) is 5.32 Å². The van der Waals surface area contributed by atoms with Crippen molar-refractivity contribution in [3.05, 3.63) is 29.3 Å². The first kappa shape index (κ1) is 13.7. The minimum atomic E-state index is -0.205. The molecule has 0 spiro atoms. The fraction of sp³-hybridized carbons (Fsp3) is 0.600. The van der Waals surface area contributed by atoms with E-state index >= 15 is 0 Å². The van der Waals surface area contributed by atoms with Gasteiger partial charge in [0.05, 0.1) is 16.8 Å². The second-order valence-corrected chi connectivity index (χ2v) is 6.19. The van der Waals surface area contributed by atoms with Crippen LogP contribution in [-0.2, 0) is 0 Å². The molecule has 0 radical (unpaired) electrons. The first-order chi connectivity index (χ1) is 8.50. The number of halogens is 1. The molecule has 2 unspecified atom stereocenters. The Balaban J connectivity index is 2.13. The van der Waals surface area contributed by atoms with Crippen LogP contribution in [0.2, 0.25) is 5.02 Å². The molecule has 1 aliphatic carbocycles. The van der Waals surface area contributed by atoms with E-state index in [0.717, 1.165) is 30.0 Å². The van der Waals surface area contributed by atoms with Crippen LogP contribution >= 0.6 is 11.6 Å². The Hall–Kier alpha value is -0.730. The molecule has 0 aromatic heterocycles. The molecule has 0 heterocycles. The highest BCUT2D eigenvalue weighted by Gasteiger charge is 2.36. The van der Waals surface area contributed by atoms with Crippen molar-refractivity contribution in [2.45, 2.75) is 51.2 Å². The van der Waals surface area contributed by atoms with Crippen LogP contribution in [0.4, 0.5) is 5.69 Å². The average molecular weight is 268 g/mol. The van der Waals surface area contributed by atoms with Gasteiger partial charge in [-0.05, 0) is 38.8 Å². The summed E-state index contributed by atoms with van der Waals surface area (Å²) in [5.74, 6) is 0.280. The molecule has 2 nitrogen and oxygen atoms in total. The molecule has 1 saturated carbocycles. The Labute approximate surface area is 114 Å². The van der Waals surface area contributed by atoms with E-state index in [4.69, 9.17) is 11.6 Å². The smallest absolute Gasteiger partial charge is 0.0637 e. The van der Waals surface area contributed by atoms with E-state index in [2.05, 4.69) is 19.2 Å². The molecule has 2 rings (SSSR count). The maximum absolute atomic E-state index is 10.2. The van der Waals surface area contributed by atoms with Crippen LogP contribution in [0.15, 0.2) is 24.3 Å². The molecule has 1 fully saturated rings. The predicted molar refractivity (Wildman–Crippen MR) is 77.1 cm³/mol. The highest BCUT2D eigenvalue weighted by molar-refractivity contribution is 6.33. The fourth-order valence-electron chi connectivity index (χ4n) is 2.96. The third-order valence-electron chi connectivity index (χ3n) is 3.99. The highest BCUT2D eigenvalue weighted by Crippen LogP contribution is 2.36. The van der Waals surface area contributed by atoms with Gasteiger partial charge in [-0.2, -0.15) is 0 Å². The molecule has 0 bridgehead atoms. The summed E-state index contributed by atoms with van der Waals surface area (Å²) in [4.78, 5) is 0. The molecule has 100 valence electrons. The van der Waals surface area contributed by atoms with Crippen molar-refractivity contribution >= 4 is 17.3 Å². The normalized spacial score (nSPS) is 24.9. The molecule has 0 aliphatic heterocycles. The van der Waals surface area contributed by atoms with E-state index in [-0.39, 0.29) is 17.6 Å². The summed E-state index contributed by atoms with van der Waals surface area (Å²) in [5.41, 5.74) is 0.798. The molecule has 1 aromatic carbocycles. The minimum Gasteiger partial charge on any atom is -0.393 e. The molecule has 18 heavy (non-hydrogen) atoms. The van der Waals surface area contributed by atoms with E-state index in [1.54, 1.807) is 0 Å². The zero-order chi connectivity index (χ0) is 13.2. The maximum Gasteiger partial charge on any atom is 0.0637 e. The summed E-state index contributed by atoms with van der Waals surface area (Å²) in [5, 5.41) is 14.4. The van der Waals surface area contributed by atoms with Crippen LogP contribution in [0.1, 0.15) is 39.5 Å². The average Bonchev–Trinajstić information content (AvgIpc) is 2.32. The molecule has 0 amide bonds. The summed E-state index contributed by atoms with van der Waals surface area (Å²) in [6.45, 7) is 4.30. The molecule has 3 heteroatoms. The summed E-state index contributed by atoms with van der Waals surface area (Å²) < 4.78 is 0. The van der Waals surface area contributed by atoms with Crippen molar-refractivity contribution in [1.82, 2.24) is 0 Å². The minimum absolute atomic E-state index is 0.148. The Bertz CT molecular complexity index is 405. The standard InChI is InChI=1S/C15H22ClNO/c1-15(2,11-7-3-6-10-14(11)18)17-13-9-5-4-8-12(13)16/h4-5,8-9,11,14,17-18H,3,6-7,10H2,1-2H3. The lowest BCUT2D eigenvalue weighted by Gasteiger charge is -2.41. The van der Waals surface area contributed by atoms with E-state index in [0.29, 0.717) is 0 Å². The van der Waals surface area contributed by atoms with Crippen LogP contribution in [0.5, 0.6) is 0 Å². The predicted octanol–water partition coefficient (Wildman–Crippen LogP) is 4.08. The Kier molecular flexibility index (Phi) is 4.18. The highest BCUT2D eigenvalue weighted by atomic mass is 35.5. The van der Waals surface area contributed by atoms with Gasteiger partial charge in [0.15, 0.2) is 0 Å². The van der Waals surface area contributed by atoms with Gasteiger partial charge in [0, 0.05) is 11.5 Å². The number of aliphatic hydroxyl groups is 1. The SMILES string of the molecule is CC(C)(Nc1ccccc1Cl)C1CCCCC1O. The third kappa shape index (κ3) is 2.99. The topological polar surface area (TPSA) is 32.3 Å². The van der Waals surface area contributed by atoms with Gasteiger partial charge in [0.25, 0.3) is 0 Å². The van der Waals surface area contributed by atoms with Crippen molar-refractivity contribution in [3.8, 4) is 0 Å². The van der Waals surface area contributed by atoms with Gasteiger partial charge >= 0.3 is 0 Å². The second kappa shape index (κ2) is 5.50. The number of hydrogen-bond donors (Lipinski definition) is 2. The molecule has 0 saturated heterocycles. The van der Waals surface area contributed by atoms with Gasteiger partial charge in [0.2, 0.25) is 0 Å². The van der Waals surface area contributed by atoms with Gasteiger partial charge in [-0.25, -0.2) is 0 Å². The zero-order valence-corrected chi connectivity index (χ0v) is 11.9. The monoisotopic (exact) mass is 267 g/mol. The van der Waals surface area contributed by atoms with Gasteiger partial charge in [-0.1, -0.05) is 36.6 Å². The summed E-state index contributed by atoms with van der Waals surface area (Å²) in [6.07, 6.45) is 4.13. The summed E-state index contributed by atoms with van der Waals surface area (Å²) in [7, 11) is 0. The lowest BCUT2D eigenvalue weighted by atomic mass is 9.74. The van der Waals surface area contributed by atoms with Crippen molar-refractivity contribution in [3.63, 3.8) is 0 Å². The van der Waals surface area contributed by atoms with Crippen LogP contribution in [0.25, 0.3) is 0 Å². The number of hydrogen-bond acceptors (Lipinski definition) is 2. The molecular weight excluding hydrogens is 246 g/mol. The first-order valence-corrected chi connectivity index (χ1v) is 7.09. The fourth-order valence-corrected chi connectivity index (χ4v) is 3.14. The zero-order valence-electron chi connectivity index (χ0n) is 11.1. The van der Waals surface area contributed by atoms with Crippen LogP contribution in [-0.4, -0.2) is 16.7 Å². The molecular formula is C15H22ClNO. The first-order valence-electron chi connectivity index (χ1n) is 6.71. The van der Waals surface area contributed by atoms with E-state index in [9.17, 15) is 5.11 Å². The van der Waals surface area contributed by atoms with Crippen LogP contribution < -0.4 is 5.32 Å². The molecule has 1 aliphatic rings.